The summed E-state index contributed by atoms with van der Waals surface area (Å²) in [6, 6.07) is 10.8. The molecule has 35 heavy (non-hydrogen) atoms. The van der Waals surface area contributed by atoms with Gasteiger partial charge in [-0.05, 0) is 31.2 Å². The smallest absolute Gasteiger partial charge is 0.167 e. The molecule has 0 atom stereocenters. The number of terminal acetylenes is 1. The molecular formula is C27H29N3O5. The van der Waals surface area contributed by atoms with Crippen molar-refractivity contribution in [2.45, 2.75) is 27.7 Å². The monoisotopic (exact) mass is 475 g/mol. The second-order valence-corrected chi connectivity index (χ2v) is 8.95. The van der Waals surface area contributed by atoms with Gasteiger partial charge in [-0.2, -0.15) is 0 Å². The molecule has 0 aliphatic heterocycles. The number of hydrogen-bond acceptors (Lipinski definition) is 8. The Labute approximate surface area is 205 Å². The molecule has 3 rings (SSSR count). The van der Waals surface area contributed by atoms with Crippen molar-refractivity contribution in [1.29, 1.82) is 0 Å². The number of nitrogens with one attached hydrogen (secondary N) is 1. The normalized spacial score (nSPS) is 11.1. The van der Waals surface area contributed by atoms with Crippen molar-refractivity contribution in [3.63, 3.8) is 0 Å². The van der Waals surface area contributed by atoms with Gasteiger partial charge in [-0.15, -0.1) is 6.42 Å². The van der Waals surface area contributed by atoms with Gasteiger partial charge in [-0.3, -0.25) is 9.59 Å². The number of aromatic nitrogens is 2. The lowest BCUT2D eigenvalue weighted by atomic mass is 9.91. The Morgan fingerprint density at radius 1 is 1.03 bits per heavy atom. The molecular weight excluding hydrogens is 446 g/mol. The fraction of sp³-hybridized carbons (Fsp3) is 0.333. The first-order chi connectivity index (χ1) is 16.7. The highest BCUT2D eigenvalue weighted by atomic mass is 16.5. The molecule has 0 unspecified atom stereocenters. The molecule has 0 amide bonds. The number of carbonyl (C=O) groups excluding carboxylic acids is 2. The van der Waals surface area contributed by atoms with Crippen LogP contribution in [0.15, 0.2) is 42.7 Å². The molecule has 0 spiro atoms. The molecule has 2 aromatic carbocycles. The summed E-state index contributed by atoms with van der Waals surface area (Å²) in [5.74, 6) is 3.81. The predicted octanol–water partition coefficient (Wildman–Crippen LogP) is 4.33. The molecule has 0 radical (unpaired) electrons. The van der Waals surface area contributed by atoms with Gasteiger partial charge < -0.3 is 19.5 Å². The minimum absolute atomic E-state index is 0.0122. The van der Waals surface area contributed by atoms with E-state index in [9.17, 15) is 9.59 Å². The number of anilines is 2. The molecule has 3 aromatic rings. The van der Waals surface area contributed by atoms with Gasteiger partial charge in [0, 0.05) is 28.1 Å². The van der Waals surface area contributed by atoms with Gasteiger partial charge in [0.05, 0.1) is 12.1 Å². The van der Waals surface area contributed by atoms with Crippen LogP contribution >= 0.6 is 0 Å². The highest BCUT2D eigenvalue weighted by Gasteiger charge is 2.21. The second-order valence-electron chi connectivity index (χ2n) is 8.95. The molecule has 8 heteroatoms. The van der Waals surface area contributed by atoms with Crippen LogP contribution in [0, 0.1) is 17.8 Å². The Balaban J connectivity index is 1.81. The lowest BCUT2D eigenvalue weighted by molar-refractivity contribution is -0.131. The summed E-state index contributed by atoms with van der Waals surface area (Å²) in [5.41, 5.74) is 1.67. The standard InChI is InChI=1S/C27H29N3O5/c1-6-19-8-7-9-20(12-19)30-26-21-13-23(35-15-18(2)31)24(14-22(21)28-17-29-26)34-11-10-33-16-25(32)27(3,4)5/h1,7-9,12-14,17H,10-11,15-16H2,2-5H3,(H,28,29,30). The molecule has 0 saturated carbocycles. The maximum absolute atomic E-state index is 12.0. The third kappa shape index (κ3) is 7.26. The van der Waals surface area contributed by atoms with Gasteiger partial charge in [0.15, 0.2) is 23.1 Å². The van der Waals surface area contributed by atoms with E-state index in [2.05, 4.69) is 21.2 Å². The number of nitrogens with zero attached hydrogens (tertiary/aromatic N) is 2. The molecule has 182 valence electrons. The molecule has 0 bridgehead atoms. The van der Waals surface area contributed by atoms with Crippen molar-refractivity contribution in [2.75, 3.05) is 31.7 Å². The van der Waals surface area contributed by atoms with Crippen LogP contribution in [0.5, 0.6) is 11.5 Å². The number of fused-ring (bicyclic) bond motifs is 1. The summed E-state index contributed by atoms with van der Waals surface area (Å²) in [5, 5.41) is 3.93. The van der Waals surface area contributed by atoms with Gasteiger partial charge in [-0.25, -0.2) is 9.97 Å². The quantitative estimate of drug-likeness (QED) is 0.323. The molecule has 0 saturated heterocycles. The van der Waals surface area contributed by atoms with Crippen molar-refractivity contribution < 1.29 is 23.8 Å². The minimum Gasteiger partial charge on any atom is -0.487 e. The Hall–Kier alpha value is -3.96. The number of carbonyl (C=O) groups is 2. The van der Waals surface area contributed by atoms with Crippen LogP contribution in [0.2, 0.25) is 0 Å². The first-order valence-electron chi connectivity index (χ1n) is 11.2. The topological polar surface area (TPSA) is 99.6 Å². The van der Waals surface area contributed by atoms with Gasteiger partial charge >= 0.3 is 0 Å². The van der Waals surface area contributed by atoms with E-state index in [1.54, 1.807) is 12.1 Å². The van der Waals surface area contributed by atoms with E-state index in [0.29, 0.717) is 28.2 Å². The Morgan fingerprint density at radius 3 is 2.51 bits per heavy atom. The number of ketones is 2. The van der Waals surface area contributed by atoms with Crippen LogP contribution in [0.25, 0.3) is 10.9 Å². The average Bonchev–Trinajstić information content (AvgIpc) is 2.82. The summed E-state index contributed by atoms with van der Waals surface area (Å²) in [6.07, 6.45) is 6.94. The second kappa shape index (κ2) is 11.4. The third-order valence-corrected chi connectivity index (χ3v) is 4.98. The Morgan fingerprint density at radius 2 is 1.80 bits per heavy atom. The van der Waals surface area contributed by atoms with Gasteiger partial charge in [0.2, 0.25) is 0 Å². The maximum Gasteiger partial charge on any atom is 0.167 e. The molecule has 1 aromatic heterocycles. The van der Waals surface area contributed by atoms with Crippen LogP contribution in [-0.2, 0) is 14.3 Å². The minimum atomic E-state index is -0.458. The average molecular weight is 476 g/mol. The molecule has 0 aliphatic rings. The van der Waals surface area contributed by atoms with Crippen molar-refractivity contribution in [3.8, 4) is 23.8 Å². The van der Waals surface area contributed by atoms with Crippen molar-refractivity contribution in [1.82, 2.24) is 9.97 Å². The lowest BCUT2D eigenvalue weighted by Crippen LogP contribution is -2.25. The molecule has 1 N–H and O–H groups in total. The number of Topliss-reactive ketones (excluding diaryl/α,β-unsaturated/α-hetero) is 2. The fourth-order valence-electron chi connectivity index (χ4n) is 2.98. The lowest BCUT2D eigenvalue weighted by Gasteiger charge is -2.17. The first kappa shape index (κ1) is 25.7. The number of rotatable bonds is 11. The van der Waals surface area contributed by atoms with Crippen molar-refractivity contribution in [2.24, 2.45) is 5.41 Å². The van der Waals surface area contributed by atoms with E-state index in [1.165, 1.54) is 13.3 Å². The van der Waals surface area contributed by atoms with Gasteiger partial charge in [0.25, 0.3) is 0 Å². The predicted molar refractivity (Wildman–Crippen MR) is 134 cm³/mol. The van der Waals surface area contributed by atoms with E-state index in [4.69, 9.17) is 20.6 Å². The van der Waals surface area contributed by atoms with Crippen molar-refractivity contribution >= 4 is 34.0 Å². The zero-order valence-corrected chi connectivity index (χ0v) is 20.4. The van der Waals surface area contributed by atoms with Crippen LogP contribution in [0.4, 0.5) is 11.5 Å². The Kier molecular flexibility index (Phi) is 8.39. The highest BCUT2D eigenvalue weighted by Crippen LogP contribution is 2.35. The molecule has 1 heterocycles. The van der Waals surface area contributed by atoms with E-state index in [-0.39, 0.29) is 38.0 Å². The van der Waals surface area contributed by atoms with Crippen LogP contribution < -0.4 is 14.8 Å². The van der Waals surface area contributed by atoms with Crippen LogP contribution in [-0.4, -0.2) is 48.0 Å². The van der Waals surface area contributed by atoms with E-state index in [0.717, 1.165) is 11.3 Å². The van der Waals surface area contributed by atoms with Gasteiger partial charge in [0.1, 0.15) is 32.0 Å². The van der Waals surface area contributed by atoms with Crippen molar-refractivity contribution in [3.05, 3.63) is 48.3 Å². The maximum atomic E-state index is 12.0. The van der Waals surface area contributed by atoms with E-state index >= 15 is 0 Å². The number of hydrogen-bond donors (Lipinski definition) is 1. The van der Waals surface area contributed by atoms with E-state index in [1.807, 2.05) is 45.0 Å². The summed E-state index contributed by atoms with van der Waals surface area (Å²) >= 11 is 0. The highest BCUT2D eigenvalue weighted by molar-refractivity contribution is 5.93. The molecule has 0 aliphatic carbocycles. The van der Waals surface area contributed by atoms with Crippen LogP contribution in [0.3, 0.4) is 0 Å². The summed E-state index contributed by atoms with van der Waals surface area (Å²) in [6.45, 7) is 7.29. The zero-order chi connectivity index (χ0) is 25.4. The SMILES string of the molecule is C#Cc1cccc(Nc2ncnc3cc(OCCOCC(=O)C(C)(C)C)c(OCC(C)=O)cc23)c1. The fourth-order valence-corrected chi connectivity index (χ4v) is 2.98. The van der Waals surface area contributed by atoms with E-state index < -0.39 is 5.41 Å². The summed E-state index contributed by atoms with van der Waals surface area (Å²) in [4.78, 5) is 32.2. The molecule has 8 nitrogen and oxygen atoms in total. The number of benzene rings is 2. The molecule has 0 fully saturated rings. The number of ether oxygens (including phenoxy) is 3. The Bertz CT molecular complexity index is 1260. The summed E-state index contributed by atoms with van der Waals surface area (Å²) < 4.78 is 17.0. The first-order valence-corrected chi connectivity index (χ1v) is 11.2. The third-order valence-electron chi connectivity index (χ3n) is 4.98. The largest absolute Gasteiger partial charge is 0.487 e. The zero-order valence-electron chi connectivity index (χ0n) is 20.4. The summed E-state index contributed by atoms with van der Waals surface area (Å²) in [7, 11) is 0. The van der Waals surface area contributed by atoms with Gasteiger partial charge in [-0.1, -0.05) is 32.8 Å². The van der Waals surface area contributed by atoms with Crippen LogP contribution in [0.1, 0.15) is 33.3 Å².